The Balaban J connectivity index is 1.65. The van der Waals surface area contributed by atoms with E-state index in [-0.39, 0.29) is 11.7 Å². The molecule has 3 rings (SSSR count). The Morgan fingerprint density at radius 1 is 1.30 bits per heavy atom. The first-order chi connectivity index (χ1) is 11.1. The van der Waals surface area contributed by atoms with Crippen LogP contribution < -0.4 is 5.32 Å². The molecule has 0 aliphatic heterocycles. The Morgan fingerprint density at radius 3 is 2.83 bits per heavy atom. The van der Waals surface area contributed by atoms with Crippen LogP contribution in [0.1, 0.15) is 33.6 Å². The van der Waals surface area contributed by atoms with E-state index in [1.807, 2.05) is 31.2 Å². The van der Waals surface area contributed by atoms with Crippen molar-refractivity contribution < 1.29 is 9.59 Å². The van der Waals surface area contributed by atoms with E-state index in [9.17, 15) is 9.59 Å². The number of imidazole rings is 1. The summed E-state index contributed by atoms with van der Waals surface area (Å²) in [6.07, 6.45) is 1.55. The van der Waals surface area contributed by atoms with Crippen LogP contribution in [0.15, 0.2) is 36.5 Å². The lowest BCUT2D eigenvalue weighted by Crippen LogP contribution is -2.27. The summed E-state index contributed by atoms with van der Waals surface area (Å²) in [4.78, 5) is 30.6. The molecular formula is C17H18N4O2. The van der Waals surface area contributed by atoms with Crippen LogP contribution in [0.25, 0.3) is 11.0 Å². The molecule has 1 amide bonds. The third-order valence-electron chi connectivity index (χ3n) is 3.80. The summed E-state index contributed by atoms with van der Waals surface area (Å²) >= 11 is 0. The lowest BCUT2D eigenvalue weighted by molar-refractivity contribution is 0.0947. The molecule has 2 N–H and O–H groups in total. The number of benzene rings is 1. The number of aromatic amines is 1. The minimum atomic E-state index is -0.223. The molecule has 0 aliphatic rings. The molecule has 1 aromatic carbocycles. The average molecular weight is 310 g/mol. The summed E-state index contributed by atoms with van der Waals surface area (Å²) in [5.41, 5.74) is 2.90. The molecule has 118 valence electrons. The van der Waals surface area contributed by atoms with Crippen molar-refractivity contribution in [3.05, 3.63) is 53.6 Å². The highest BCUT2D eigenvalue weighted by Gasteiger charge is 2.11. The number of ketones is 1. The first-order valence-corrected chi connectivity index (χ1v) is 7.45. The minimum Gasteiger partial charge on any atom is -0.356 e. The summed E-state index contributed by atoms with van der Waals surface area (Å²) in [5.74, 6) is 0.625. The molecule has 2 aromatic heterocycles. The summed E-state index contributed by atoms with van der Waals surface area (Å²) in [7, 11) is 0. The lowest BCUT2D eigenvalue weighted by Gasteiger charge is -2.08. The Labute approximate surface area is 133 Å². The van der Waals surface area contributed by atoms with Crippen molar-refractivity contribution in [3.63, 3.8) is 0 Å². The van der Waals surface area contributed by atoms with Gasteiger partial charge in [-0.05, 0) is 32.0 Å². The van der Waals surface area contributed by atoms with E-state index in [1.165, 1.54) is 6.92 Å². The number of fused-ring (bicyclic) bond motifs is 1. The van der Waals surface area contributed by atoms with Gasteiger partial charge in [0.15, 0.2) is 5.78 Å². The van der Waals surface area contributed by atoms with Crippen molar-refractivity contribution >= 4 is 22.7 Å². The summed E-state index contributed by atoms with van der Waals surface area (Å²) < 4.78 is 2.07. The molecule has 23 heavy (non-hydrogen) atoms. The van der Waals surface area contributed by atoms with Crippen molar-refractivity contribution in [1.29, 1.82) is 0 Å². The van der Waals surface area contributed by atoms with E-state index in [4.69, 9.17) is 0 Å². The van der Waals surface area contributed by atoms with E-state index in [0.717, 1.165) is 16.9 Å². The molecule has 3 aromatic rings. The highest BCUT2D eigenvalue weighted by Crippen LogP contribution is 2.14. The van der Waals surface area contributed by atoms with Crippen molar-refractivity contribution in [3.8, 4) is 0 Å². The number of Topliss-reactive ketones (excluding diaryl/α,β-unsaturated/α-hetero) is 1. The van der Waals surface area contributed by atoms with Gasteiger partial charge >= 0.3 is 0 Å². The molecule has 0 saturated heterocycles. The zero-order valence-electron chi connectivity index (χ0n) is 13.1. The van der Waals surface area contributed by atoms with Crippen LogP contribution >= 0.6 is 0 Å². The summed E-state index contributed by atoms with van der Waals surface area (Å²) in [6, 6.07) is 9.48. The maximum atomic E-state index is 12.1. The zero-order chi connectivity index (χ0) is 16.4. The number of para-hydroxylation sites is 2. The van der Waals surface area contributed by atoms with E-state index in [2.05, 4.69) is 19.9 Å². The van der Waals surface area contributed by atoms with Crippen molar-refractivity contribution in [2.24, 2.45) is 0 Å². The topological polar surface area (TPSA) is 79.8 Å². The zero-order valence-corrected chi connectivity index (χ0v) is 13.1. The number of hydrogen-bond acceptors (Lipinski definition) is 3. The monoisotopic (exact) mass is 310 g/mol. The molecule has 0 saturated carbocycles. The number of nitrogens with one attached hydrogen (secondary N) is 2. The molecule has 0 unspecified atom stereocenters. The maximum absolute atomic E-state index is 12.1. The number of amides is 1. The summed E-state index contributed by atoms with van der Waals surface area (Å²) in [6.45, 7) is 4.54. The van der Waals surface area contributed by atoms with Crippen LogP contribution in [-0.2, 0) is 6.54 Å². The first-order valence-electron chi connectivity index (χ1n) is 7.45. The number of hydrogen-bond donors (Lipinski definition) is 2. The smallest absolute Gasteiger partial charge is 0.267 e. The fraction of sp³-hybridized carbons (Fsp3) is 0.235. The second-order valence-electron chi connectivity index (χ2n) is 5.41. The largest absolute Gasteiger partial charge is 0.356 e. The van der Waals surface area contributed by atoms with Crippen molar-refractivity contribution in [2.45, 2.75) is 20.4 Å². The fourth-order valence-corrected chi connectivity index (χ4v) is 2.58. The van der Waals surface area contributed by atoms with Crippen LogP contribution in [-0.4, -0.2) is 32.8 Å². The maximum Gasteiger partial charge on any atom is 0.267 e. The van der Waals surface area contributed by atoms with Gasteiger partial charge in [0.2, 0.25) is 0 Å². The molecule has 0 fully saturated rings. The average Bonchev–Trinajstić information content (AvgIpc) is 3.12. The molecule has 0 bridgehead atoms. The lowest BCUT2D eigenvalue weighted by atomic mass is 10.2. The highest BCUT2D eigenvalue weighted by atomic mass is 16.2. The van der Waals surface area contributed by atoms with Crippen molar-refractivity contribution in [1.82, 2.24) is 19.9 Å². The SMILES string of the molecule is CC(=O)c1c[nH]c(C(=O)NCCn2c(C)nc3ccccc32)c1. The third kappa shape index (κ3) is 3.01. The second-order valence-corrected chi connectivity index (χ2v) is 5.41. The van der Waals surface area contributed by atoms with Crippen molar-refractivity contribution in [2.75, 3.05) is 6.54 Å². The van der Waals surface area contributed by atoms with E-state index >= 15 is 0 Å². The summed E-state index contributed by atoms with van der Waals surface area (Å²) in [5, 5.41) is 2.85. The number of rotatable bonds is 5. The van der Waals surface area contributed by atoms with Crippen LogP contribution in [0.3, 0.4) is 0 Å². The first kappa shape index (κ1) is 15.0. The quantitative estimate of drug-likeness (QED) is 0.710. The number of aryl methyl sites for hydroxylation is 1. The van der Waals surface area contributed by atoms with Gasteiger partial charge in [0.1, 0.15) is 11.5 Å². The molecule has 6 nitrogen and oxygen atoms in total. The second kappa shape index (κ2) is 6.08. The Bertz CT molecular complexity index is 876. The van der Waals surface area contributed by atoms with Gasteiger partial charge in [-0.25, -0.2) is 4.98 Å². The Hall–Kier alpha value is -2.89. The number of nitrogens with zero attached hydrogens (tertiary/aromatic N) is 2. The normalized spacial score (nSPS) is 10.9. The number of carbonyl (C=O) groups is 2. The molecule has 2 heterocycles. The Morgan fingerprint density at radius 2 is 2.09 bits per heavy atom. The van der Waals surface area contributed by atoms with Gasteiger partial charge in [0.25, 0.3) is 5.91 Å². The molecular weight excluding hydrogens is 292 g/mol. The minimum absolute atomic E-state index is 0.0687. The van der Waals surface area contributed by atoms with E-state index in [1.54, 1.807) is 12.3 Å². The van der Waals surface area contributed by atoms with E-state index in [0.29, 0.717) is 24.3 Å². The van der Waals surface area contributed by atoms with Crippen LogP contribution in [0, 0.1) is 6.92 Å². The van der Waals surface area contributed by atoms with Gasteiger partial charge in [-0.1, -0.05) is 12.1 Å². The molecule has 0 radical (unpaired) electrons. The van der Waals surface area contributed by atoms with Gasteiger partial charge < -0.3 is 14.9 Å². The van der Waals surface area contributed by atoms with Gasteiger partial charge in [0.05, 0.1) is 11.0 Å². The fourth-order valence-electron chi connectivity index (χ4n) is 2.58. The highest BCUT2D eigenvalue weighted by molar-refractivity contribution is 5.99. The van der Waals surface area contributed by atoms with Gasteiger partial charge in [0, 0.05) is 24.8 Å². The molecule has 0 aliphatic carbocycles. The van der Waals surface area contributed by atoms with Crippen LogP contribution in [0.4, 0.5) is 0 Å². The molecule has 0 atom stereocenters. The van der Waals surface area contributed by atoms with Crippen LogP contribution in [0.5, 0.6) is 0 Å². The number of aromatic nitrogens is 3. The van der Waals surface area contributed by atoms with E-state index < -0.39 is 0 Å². The van der Waals surface area contributed by atoms with Gasteiger partial charge in [-0.2, -0.15) is 0 Å². The molecule has 6 heteroatoms. The van der Waals surface area contributed by atoms with Gasteiger partial charge in [-0.15, -0.1) is 0 Å². The Kier molecular flexibility index (Phi) is 3.97. The standard InChI is InChI=1S/C17H18N4O2/c1-11(22)13-9-15(19-10-13)17(23)18-7-8-21-12(2)20-14-5-3-4-6-16(14)21/h3-6,9-10,19H,7-8H2,1-2H3,(H,18,23). The number of H-pyrrole nitrogens is 1. The van der Waals surface area contributed by atoms with Gasteiger partial charge in [-0.3, -0.25) is 9.59 Å². The third-order valence-corrected chi connectivity index (χ3v) is 3.80. The predicted octanol–water partition coefficient (Wildman–Crippen LogP) is 2.31. The number of carbonyl (C=O) groups excluding carboxylic acids is 2. The predicted molar refractivity (Wildman–Crippen MR) is 87.6 cm³/mol. The molecule has 0 spiro atoms. The van der Waals surface area contributed by atoms with Crippen LogP contribution in [0.2, 0.25) is 0 Å².